The third-order valence-electron chi connectivity index (χ3n) is 2.94. The van der Waals surface area contributed by atoms with Gasteiger partial charge in [-0.3, -0.25) is 4.57 Å². The van der Waals surface area contributed by atoms with Crippen LogP contribution in [0.2, 0.25) is 0 Å². The van der Waals surface area contributed by atoms with Gasteiger partial charge in [0.2, 0.25) is 0 Å². The van der Waals surface area contributed by atoms with E-state index in [1.165, 1.54) is 12.1 Å². The van der Waals surface area contributed by atoms with Gasteiger partial charge in [0.05, 0.1) is 29.1 Å². The Bertz CT molecular complexity index is 846. The molecule has 0 aliphatic carbocycles. The molecule has 0 aliphatic rings. The minimum absolute atomic E-state index is 0.0412. The van der Waals surface area contributed by atoms with Crippen molar-refractivity contribution in [2.75, 3.05) is 6.61 Å². The number of hydrogen-bond acceptors (Lipinski definition) is 4. The zero-order valence-corrected chi connectivity index (χ0v) is 11.9. The van der Waals surface area contributed by atoms with Gasteiger partial charge in [-0.2, -0.15) is 10.5 Å². The summed E-state index contributed by atoms with van der Waals surface area (Å²) in [4.78, 5) is 9.98. The van der Waals surface area contributed by atoms with E-state index in [2.05, 4.69) is 6.58 Å². The van der Waals surface area contributed by atoms with Crippen LogP contribution in [0.4, 0.5) is 0 Å². The van der Waals surface area contributed by atoms with Gasteiger partial charge in [0.25, 0.3) is 0 Å². The molecule has 2 rings (SSSR count). The van der Waals surface area contributed by atoms with Crippen LogP contribution in [-0.4, -0.2) is 11.5 Å². The Labute approximate surface area is 121 Å². The molecule has 0 aliphatic heterocycles. The van der Waals surface area contributed by atoms with Gasteiger partial charge in [-0.05, 0) is 12.1 Å². The molecule has 1 N–H and O–H groups in total. The second-order valence-electron chi connectivity index (χ2n) is 4.19. The zero-order valence-electron chi connectivity index (χ0n) is 11.0. The first-order valence-corrected chi connectivity index (χ1v) is 7.57. The van der Waals surface area contributed by atoms with Gasteiger partial charge in [0, 0.05) is 10.8 Å². The van der Waals surface area contributed by atoms with Gasteiger partial charge in [-0.15, -0.1) is 6.58 Å². The lowest BCUT2D eigenvalue weighted by molar-refractivity contribution is 0.298. The maximum atomic E-state index is 12.2. The second kappa shape index (κ2) is 5.91. The van der Waals surface area contributed by atoms with Crippen molar-refractivity contribution in [1.82, 2.24) is 0 Å². The molecule has 2 aromatic rings. The fourth-order valence-corrected chi connectivity index (χ4v) is 3.18. The largest absolute Gasteiger partial charge is 0.360 e. The SMILES string of the molecule is C=CCOP(=O)(O)c1ccc2c(C#N)cccc2c1C#N. The molecule has 21 heavy (non-hydrogen) atoms. The van der Waals surface area contributed by atoms with Gasteiger partial charge in [-0.25, -0.2) is 0 Å². The molecule has 0 spiro atoms. The predicted molar refractivity (Wildman–Crippen MR) is 79.0 cm³/mol. The molecule has 0 saturated heterocycles. The van der Waals surface area contributed by atoms with Crippen LogP contribution in [0.5, 0.6) is 0 Å². The lowest BCUT2D eigenvalue weighted by atomic mass is 10.0. The van der Waals surface area contributed by atoms with Crippen molar-refractivity contribution in [2.45, 2.75) is 0 Å². The molecule has 0 amide bonds. The van der Waals surface area contributed by atoms with Gasteiger partial charge < -0.3 is 9.42 Å². The number of fused-ring (bicyclic) bond motifs is 1. The van der Waals surface area contributed by atoms with Crippen molar-refractivity contribution in [3.8, 4) is 12.1 Å². The minimum Gasteiger partial charge on any atom is -0.321 e. The highest BCUT2D eigenvalue weighted by molar-refractivity contribution is 7.61. The van der Waals surface area contributed by atoms with E-state index in [0.717, 1.165) is 0 Å². The van der Waals surface area contributed by atoms with Crippen LogP contribution < -0.4 is 5.30 Å². The number of nitrogens with zero attached hydrogens (tertiary/aromatic N) is 2. The summed E-state index contributed by atoms with van der Waals surface area (Å²) in [5.74, 6) is 0. The molecule has 1 unspecified atom stereocenters. The van der Waals surface area contributed by atoms with Gasteiger partial charge in [0.1, 0.15) is 6.07 Å². The normalized spacial score (nSPS) is 13.1. The Morgan fingerprint density at radius 3 is 2.62 bits per heavy atom. The van der Waals surface area contributed by atoms with E-state index in [9.17, 15) is 14.7 Å². The molecular formula is C15H11N2O3P. The molecule has 2 aromatic carbocycles. The number of nitriles is 2. The molecule has 0 aromatic heterocycles. The molecule has 1 atom stereocenters. The molecule has 0 radical (unpaired) electrons. The zero-order chi connectivity index (χ0) is 15.5. The highest BCUT2D eigenvalue weighted by Crippen LogP contribution is 2.42. The molecule has 0 saturated carbocycles. The summed E-state index contributed by atoms with van der Waals surface area (Å²) in [5, 5.41) is 19.3. The van der Waals surface area contributed by atoms with Gasteiger partial charge in [0.15, 0.2) is 0 Å². The molecule has 104 valence electrons. The molecule has 0 bridgehead atoms. The van der Waals surface area contributed by atoms with Crippen molar-refractivity contribution < 1.29 is 14.0 Å². The standard InChI is InChI=1S/C15H11N2O3P/c1-2-8-20-21(18,19)15-7-6-12-11(9-16)4-3-5-13(12)14(15)10-17/h2-7H,1,8H2,(H,18,19). The number of hydrogen-bond donors (Lipinski definition) is 1. The van der Waals surface area contributed by atoms with Crippen LogP contribution in [0, 0.1) is 22.7 Å². The van der Waals surface area contributed by atoms with E-state index < -0.39 is 7.60 Å². The van der Waals surface area contributed by atoms with E-state index in [4.69, 9.17) is 9.79 Å². The van der Waals surface area contributed by atoms with E-state index in [-0.39, 0.29) is 17.5 Å². The highest BCUT2D eigenvalue weighted by atomic mass is 31.2. The lowest BCUT2D eigenvalue weighted by Gasteiger charge is -2.14. The first-order valence-electron chi connectivity index (χ1n) is 6.00. The highest BCUT2D eigenvalue weighted by Gasteiger charge is 2.27. The van der Waals surface area contributed by atoms with E-state index in [1.807, 2.05) is 12.1 Å². The van der Waals surface area contributed by atoms with Crippen molar-refractivity contribution in [3.63, 3.8) is 0 Å². The summed E-state index contributed by atoms with van der Waals surface area (Å²) in [6.07, 6.45) is 1.35. The van der Waals surface area contributed by atoms with Crippen LogP contribution in [-0.2, 0) is 9.09 Å². The maximum Gasteiger partial charge on any atom is 0.360 e. The first kappa shape index (κ1) is 15.0. The van der Waals surface area contributed by atoms with Crippen molar-refractivity contribution >= 4 is 23.7 Å². The summed E-state index contributed by atoms with van der Waals surface area (Å²) >= 11 is 0. The van der Waals surface area contributed by atoms with Crippen LogP contribution in [0.3, 0.4) is 0 Å². The smallest absolute Gasteiger partial charge is 0.321 e. The van der Waals surface area contributed by atoms with E-state index in [1.54, 1.807) is 24.3 Å². The predicted octanol–water partition coefficient (Wildman–Crippen LogP) is 2.60. The summed E-state index contributed by atoms with van der Waals surface area (Å²) in [6, 6.07) is 11.7. The molecule has 0 fully saturated rings. The monoisotopic (exact) mass is 298 g/mol. The summed E-state index contributed by atoms with van der Waals surface area (Å²) < 4.78 is 17.1. The molecule has 5 nitrogen and oxygen atoms in total. The Morgan fingerprint density at radius 1 is 1.24 bits per heavy atom. The van der Waals surface area contributed by atoms with Crippen LogP contribution in [0.1, 0.15) is 11.1 Å². The number of benzene rings is 2. The third kappa shape index (κ3) is 2.72. The van der Waals surface area contributed by atoms with Gasteiger partial charge >= 0.3 is 7.60 Å². The Balaban J connectivity index is 2.74. The fraction of sp³-hybridized carbons (Fsp3) is 0.0667. The Hall–Kier alpha value is -2.43. The Kier molecular flexibility index (Phi) is 4.21. The van der Waals surface area contributed by atoms with Gasteiger partial charge in [-0.1, -0.05) is 24.3 Å². The van der Waals surface area contributed by atoms with Crippen molar-refractivity contribution in [2.24, 2.45) is 0 Å². The van der Waals surface area contributed by atoms with Crippen LogP contribution in [0.25, 0.3) is 10.8 Å². The van der Waals surface area contributed by atoms with E-state index in [0.29, 0.717) is 16.3 Å². The summed E-state index contributed by atoms with van der Waals surface area (Å²) in [5.41, 5.74) is 0.440. The van der Waals surface area contributed by atoms with Crippen molar-refractivity contribution in [3.05, 3.63) is 54.1 Å². The quantitative estimate of drug-likeness (QED) is 0.691. The fourth-order valence-electron chi connectivity index (χ4n) is 2.02. The second-order valence-corrected chi connectivity index (χ2v) is 5.97. The number of rotatable bonds is 4. The lowest BCUT2D eigenvalue weighted by Crippen LogP contribution is -2.12. The minimum atomic E-state index is -4.12. The molecule has 0 heterocycles. The van der Waals surface area contributed by atoms with Crippen LogP contribution >= 0.6 is 7.60 Å². The first-order chi connectivity index (χ1) is 10.0. The summed E-state index contributed by atoms with van der Waals surface area (Å²) in [7, 11) is -4.12. The van der Waals surface area contributed by atoms with Crippen molar-refractivity contribution in [1.29, 1.82) is 10.5 Å². The molecular weight excluding hydrogens is 287 g/mol. The molecule has 6 heteroatoms. The third-order valence-corrected chi connectivity index (χ3v) is 4.42. The average molecular weight is 298 g/mol. The Morgan fingerprint density at radius 2 is 2.00 bits per heavy atom. The van der Waals surface area contributed by atoms with Crippen LogP contribution in [0.15, 0.2) is 43.0 Å². The summed E-state index contributed by atoms with van der Waals surface area (Å²) in [6.45, 7) is 3.31. The average Bonchev–Trinajstić information content (AvgIpc) is 2.50. The topological polar surface area (TPSA) is 94.1 Å². The maximum absolute atomic E-state index is 12.2. The van der Waals surface area contributed by atoms with E-state index >= 15 is 0 Å².